The lowest BCUT2D eigenvalue weighted by Crippen LogP contribution is -2.28. The van der Waals surface area contributed by atoms with Gasteiger partial charge >= 0.3 is 0 Å². The summed E-state index contributed by atoms with van der Waals surface area (Å²) in [5, 5.41) is 19.8. The molecule has 1 aliphatic heterocycles. The molecule has 2 aromatic rings. The average molecular weight is 287 g/mol. The Morgan fingerprint density at radius 1 is 1.52 bits per heavy atom. The van der Waals surface area contributed by atoms with Gasteiger partial charge in [0.1, 0.15) is 0 Å². The number of nitrogens with zero attached hydrogens (tertiary/aromatic N) is 3. The van der Waals surface area contributed by atoms with E-state index in [1.54, 1.807) is 16.9 Å². The van der Waals surface area contributed by atoms with Gasteiger partial charge in [-0.3, -0.25) is 9.48 Å². The summed E-state index contributed by atoms with van der Waals surface area (Å²) in [6.07, 6.45) is 5.24. The lowest BCUT2D eigenvalue weighted by atomic mass is 9.90. The number of carbonyl (C=O) groups is 1. The second kappa shape index (κ2) is 5.53. The van der Waals surface area contributed by atoms with Crippen LogP contribution in [0, 0.1) is 5.92 Å². The highest BCUT2D eigenvalue weighted by molar-refractivity contribution is 5.93. The summed E-state index contributed by atoms with van der Waals surface area (Å²) < 4.78 is 1.73. The number of nitrogens with one attached hydrogen (secondary N) is 2. The van der Waals surface area contributed by atoms with Crippen LogP contribution in [0.4, 0.5) is 5.82 Å². The Kier molecular flexibility index (Phi) is 3.57. The largest absolute Gasteiger partial charge is 0.504 e. The minimum atomic E-state index is -0.212. The van der Waals surface area contributed by atoms with Crippen molar-refractivity contribution in [3.63, 3.8) is 0 Å². The predicted octanol–water partition coefficient (Wildman–Crippen LogP) is 0.462. The zero-order valence-electron chi connectivity index (χ0n) is 11.7. The Morgan fingerprint density at radius 3 is 3.10 bits per heavy atom. The summed E-state index contributed by atoms with van der Waals surface area (Å²) >= 11 is 0. The SMILES string of the molecule is Cn1cc([C@H]2CNC[C@@H]2C(=O)Nc2ncccc2O)cn1. The molecule has 0 spiro atoms. The van der Waals surface area contributed by atoms with Crippen molar-refractivity contribution in [1.29, 1.82) is 0 Å². The van der Waals surface area contributed by atoms with E-state index in [4.69, 9.17) is 0 Å². The van der Waals surface area contributed by atoms with E-state index in [0.29, 0.717) is 6.54 Å². The molecular weight excluding hydrogens is 270 g/mol. The van der Waals surface area contributed by atoms with Crippen LogP contribution in [0.1, 0.15) is 11.5 Å². The standard InChI is InChI=1S/C14H17N5O2/c1-19-8-9(5-17-19)10-6-15-7-11(10)14(21)18-13-12(20)3-2-4-16-13/h2-5,8,10-11,15,20H,6-7H2,1H3,(H,16,18,21)/t10-,11+/m1/s1. The molecule has 7 heteroatoms. The van der Waals surface area contributed by atoms with Crippen LogP contribution >= 0.6 is 0 Å². The van der Waals surface area contributed by atoms with Gasteiger partial charge in [0, 0.05) is 38.4 Å². The summed E-state index contributed by atoms with van der Waals surface area (Å²) in [5.74, 6) is -0.128. The minimum Gasteiger partial charge on any atom is -0.504 e. The van der Waals surface area contributed by atoms with Gasteiger partial charge in [-0.2, -0.15) is 5.10 Å². The molecule has 3 rings (SSSR count). The van der Waals surface area contributed by atoms with Crippen molar-refractivity contribution >= 4 is 11.7 Å². The molecule has 1 amide bonds. The molecule has 1 fully saturated rings. The van der Waals surface area contributed by atoms with Gasteiger partial charge in [0.15, 0.2) is 11.6 Å². The quantitative estimate of drug-likeness (QED) is 0.763. The Bertz CT molecular complexity index is 654. The van der Waals surface area contributed by atoms with Crippen molar-refractivity contribution in [3.05, 3.63) is 36.3 Å². The molecule has 7 nitrogen and oxygen atoms in total. The van der Waals surface area contributed by atoms with E-state index in [1.807, 2.05) is 13.2 Å². The van der Waals surface area contributed by atoms with Crippen molar-refractivity contribution in [1.82, 2.24) is 20.1 Å². The summed E-state index contributed by atoms with van der Waals surface area (Å²) in [5.41, 5.74) is 1.04. The Hall–Kier alpha value is -2.41. The predicted molar refractivity (Wildman–Crippen MR) is 76.8 cm³/mol. The number of rotatable bonds is 3. The molecule has 21 heavy (non-hydrogen) atoms. The smallest absolute Gasteiger partial charge is 0.230 e. The van der Waals surface area contributed by atoms with Crippen molar-refractivity contribution in [2.75, 3.05) is 18.4 Å². The topological polar surface area (TPSA) is 92.1 Å². The number of pyridine rings is 1. The maximum atomic E-state index is 12.4. The number of aromatic nitrogens is 3. The lowest BCUT2D eigenvalue weighted by molar-refractivity contribution is -0.119. The van der Waals surface area contributed by atoms with Gasteiger partial charge in [-0.25, -0.2) is 4.98 Å². The van der Waals surface area contributed by atoms with E-state index < -0.39 is 0 Å². The first kappa shape index (κ1) is 13.6. The second-order valence-corrected chi connectivity index (χ2v) is 5.18. The number of aromatic hydroxyl groups is 1. The van der Waals surface area contributed by atoms with Crippen LogP contribution in [-0.4, -0.2) is 38.9 Å². The van der Waals surface area contributed by atoms with E-state index in [0.717, 1.165) is 12.1 Å². The van der Waals surface area contributed by atoms with E-state index >= 15 is 0 Å². The van der Waals surface area contributed by atoms with Gasteiger partial charge in [-0.1, -0.05) is 0 Å². The van der Waals surface area contributed by atoms with Crippen LogP contribution in [0.3, 0.4) is 0 Å². The number of aryl methyl sites for hydroxylation is 1. The number of hydrogen-bond acceptors (Lipinski definition) is 5. The average Bonchev–Trinajstić information content (AvgIpc) is 3.09. The molecule has 3 heterocycles. The maximum absolute atomic E-state index is 12.4. The third-order valence-electron chi connectivity index (χ3n) is 3.73. The minimum absolute atomic E-state index is 0.0327. The van der Waals surface area contributed by atoms with Crippen molar-refractivity contribution in [3.8, 4) is 5.75 Å². The second-order valence-electron chi connectivity index (χ2n) is 5.18. The van der Waals surface area contributed by atoms with Crippen LogP contribution in [0.5, 0.6) is 5.75 Å². The summed E-state index contributed by atoms with van der Waals surface area (Å²) in [4.78, 5) is 16.4. The third-order valence-corrected chi connectivity index (χ3v) is 3.73. The monoisotopic (exact) mass is 287 g/mol. The maximum Gasteiger partial charge on any atom is 0.230 e. The molecule has 110 valence electrons. The Balaban J connectivity index is 1.76. The molecule has 0 aliphatic carbocycles. The summed E-state index contributed by atoms with van der Waals surface area (Å²) in [7, 11) is 1.85. The highest BCUT2D eigenvalue weighted by Crippen LogP contribution is 2.29. The van der Waals surface area contributed by atoms with Gasteiger partial charge in [-0.05, 0) is 17.7 Å². The number of anilines is 1. The lowest BCUT2D eigenvalue weighted by Gasteiger charge is -2.16. The van der Waals surface area contributed by atoms with E-state index in [-0.39, 0.29) is 29.3 Å². The molecule has 0 bridgehead atoms. The molecule has 3 N–H and O–H groups in total. The molecule has 0 aromatic carbocycles. The fourth-order valence-electron chi connectivity index (χ4n) is 2.64. The first-order valence-electron chi connectivity index (χ1n) is 6.79. The molecule has 2 atom stereocenters. The molecular formula is C14H17N5O2. The molecule has 0 radical (unpaired) electrons. The fourth-order valence-corrected chi connectivity index (χ4v) is 2.64. The Labute approximate surface area is 122 Å². The highest BCUT2D eigenvalue weighted by atomic mass is 16.3. The zero-order valence-corrected chi connectivity index (χ0v) is 11.7. The number of amides is 1. The first-order valence-corrected chi connectivity index (χ1v) is 6.79. The van der Waals surface area contributed by atoms with E-state index in [2.05, 4.69) is 20.7 Å². The molecule has 0 saturated carbocycles. The molecule has 1 aliphatic rings. The van der Waals surface area contributed by atoms with Crippen LogP contribution in [-0.2, 0) is 11.8 Å². The molecule has 2 aromatic heterocycles. The number of carbonyl (C=O) groups excluding carboxylic acids is 1. The van der Waals surface area contributed by atoms with Gasteiger partial charge in [0.05, 0.1) is 12.1 Å². The van der Waals surface area contributed by atoms with Crippen molar-refractivity contribution < 1.29 is 9.90 Å². The third kappa shape index (κ3) is 2.73. The highest BCUT2D eigenvalue weighted by Gasteiger charge is 2.35. The van der Waals surface area contributed by atoms with Gasteiger partial charge in [-0.15, -0.1) is 0 Å². The summed E-state index contributed by atoms with van der Waals surface area (Å²) in [6.45, 7) is 1.33. The Morgan fingerprint density at radius 2 is 2.38 bits per heavy atom. The van der Waals surface area contributed by atoms with Crippen molar-refractivity contribution in [2.45, 2.75) is 5.92 Å². The van der Waals surface area contributed by atoms with Gasteiger partial charge in [0.25, 0.3) is 0 Å². The first-order chi connectivity index (χ1) is 10.1. The van der Waals surface area contributed by atoms with Crippen LogP contribution in [0.15, 0.2) is 30.7 Å². The van der Waals surface area contributed by atoms with Crippen LogP contribution in [0.25, 0.3) is 0 Å². The number of hydrogen-bond donors (Lipinski definition) is 3. The zero-order chi connectivity index (χ0) is 14.8. The van der Waals surface area contributed by atoms with E-state index in [9.17, 15) is 9.90 Å². The fraction of sp³-hybridized carbons (Fsp3) is 0.357. The normalized spacial score (nSPS) is 21.4. The van der Waals surface area contributed by atoms with Crippen LogP contribution in [0.2, 0.25) is 0 Å². The van der Waals surface area contributed by atoms with E-state index in [1.165, 1.54) is 12.3 Å². The molecule has 0 unspecified atom stereocenters. The van der Waals surface area contributed by atoms with Gasteiger partial charge in [0.2, 0.25) is 5.91 Å². The summed E-state index contributed by atoms with van der Waals surface area (Å²) in [6, 6.07) is 3.11. The van der Waals surface area contributed by atoms with Crippen molar-refractivity contribution in [2.24, 2.45) is 13.0 Å². The van der Waals surface area contributed by atoms with Crippen LogP contribution < -0.4 is 10.6 Å². The van der Waals surface area contributed by atoms with Gasteiger partial charge < -0.3 is 15.7 Å². The molecule has 1 saturated heterocycles.